The predicted molar refractivity (Wildman–Crippen MR) is 105 cm³/mol. The minimum atomic E-state index is -4.35. The number of rotatable bonds is 5. The van der Waals surface area contributed by atoms with Crippen LogP contribution in [0.2, 0.25) is 0 Å². The topological polar surface area (TPSA) is 3.24 Å². The standard InChI is InChI=1S/C23H25F6N/c24-22(25,26)20-7-4-5-18(15-20)16-30-13-11-17(12-14-30)9-10-19-6-2-1-3-8-21(19)23(27,28)29/h1-5,7-8,15,17H,6,9-14,16H2. The average Bonchev–Trinajstić information content (AvgIpc) is 2.93. The van der Waals surface area contributed by atoms with Gasteiger partial charge in [-0.05, 0) is 62.7 Å². The molecule has 0 atom stereocenters. The number of hydrogen-bond acceptors (Lipinski definition) is 1. The molecule has 0 saturated carbocycles. The second kappa shape index (κ2) is 9.41. The fourth-order valence-electron chi connectivity index (χ4n) is 4.12. The van der Waals surface area contributed by atoms with Crippen molar-refractivity contribution in [1.29, 1.82) is 0 Å². The first-order valence-corrected chi connectivity index (χ1v) is 10.1. The number of likely N-dealkylation sites (tertiary alicyclic amines) is 1. The Labute approximate surface area is 172 Å². The van der Waals surface area contributed by atoms with Gasteiger partial charge in [0.15, 0.2) is 0 Å². The van der Waals surface area contributed by atoms with Crippen molar-refractivity contribution in [2.75, 3.05) is 13.1 Å². The maximum Gasteiger partial charge on any atom is 0.416 e. The van der Waals surface area contributed by atoms with Crippen molar-refractivity contribution in [1.82, 2.24) is 4.90 Å². The summed E-state index contributed by atoms with van der Waals surface area (Å²) in [6.07, 6.45) is 0.415. The molecule has 2 aliphatic rings. The highest BCUT2D eigenvalue weighted by atomic mass is 19.4. The van der Waals surface area contributed by atoms with E-state index in [9.17, 15) is 26.3 Å². The summed E-state index contributed by atoms with van der Waals surface area (Å²) in [5.74, 6) is 0.334. The van der Waals surface area contributed by atoms with Crippen LogP contribution in [0.25, 0.3) is 0 Å². The number of hydrogen-bond donors (Lipinski definition) is 0. The molecular weight excluding hydrogens is 404 g/mol. The van der Waals surface area contributed by atoms with Crippen LogP contribution in [0.15, 0.2) is 59.7 Å². The van der Waals surface area contributed by atoms with Gasteiger partial charge in [0, 0.05) is 6.54 Å². The van der Waals surface area contributed by atoms with Crippen LogP contribution in [0, 0.1) is 5.92 Å². The van der Waals surface area contributed by atoms with Gasteiger partial charge < -0.3 is 0 Å². The number of benzene rings is 1. The smallest absolute Gasteiger partial charge is 0.299 e. The minimum absolute atomic E-state index is 0.316. The van der Waals surface area contributed by atoms with E-state index in [-0.39, 0.29) is 0 Å². The molecule has 0 N–H and O–H groups in total. The maximum atomic E-state index is 13.3. The third-order valence-electron chi connectivity index (χ3n) is 5.78. The molecule has 0 bridgehead atoms. The first-order valence-electron chi connectivity index (χ1n) is 10.1. The second-order valence-electron chi connectivity index (χ2n) is 7.96. The van der Waals surface area contributed by atoms with Crippen molar-refractivity contribution >= 4 is 0 Å². The number of piperidine rings is 1. The van der Waals surface area contributed by atoms with Gasteiger partial charge in [0.1, 0.15) is 0 Å². The lowest BCUT2D eigenvalue weighted by molar-refractivity contribution is -0.137. The fourth-order valence-corrected chi connectivity index (χ4v) is 4.12. The lowest BCUT2D eigenvalue weighted by Gasteiger charge is -2.32. The summed E-state index contributed by atoms with van der Waals surface area (Å²) in [6.45, 7) is 1.94. The zero-order valence-electron chi connectivity index (χ0n) is 16.6. The predicted octanol–water partition coefficient (Wildman–Crippen LogP) is 7.07. The lowest BCUT2D eigenvalue weighted by Crippen LogP contribution is -2.33. The summed E-state index contributed by atoms with van der Waals surface area (Å²) < 4.78 is 78.5. The maximum absolute atomic E-state index is 13.3. The Balaban J connectivity index is 1.52. The molecule has 1 heterocycles. The highest BCUT2D eigenvalue weighted by molar-refractivity contribution is 5.36. The van der Waals surface area contributed by atoms with Gasteiger partial charge in [0.2, 0.25) is 0 Å². The van der Waals surface area contributed by atoms with E-state index >= 15 is 0 Å². The van der Waals surface area contributed by atoms with Crippen molar-refractivity contribution in [2.24, 2.45) is 5.92 Å². The quantitative estimate of drug-likeness (QED) is 0.453. The summed E-state index contributed by atoms with van der Waals surface area (Å²) in [6, 6.07) is 5.37. The van der Waals surface area contributed by atoms with Crippen LogP contribution in [0.4, 0.5) is 26.3 Å². The Bertz CT molecular complexity index is 808. The van der Waals surface area contributed by atoms with Crippen LogP contribution >= 0.6 is 0 Å². The highest BCUT2D eigenvalue weighted by Crippen LogP contribution is 2.35. The first kappa shape index (κ1) is 22.7. The highest BCUT2D eigenvalue weighted by Gasteiger charge is 2.34. The van der Waals surface area contributed by atoms with Crippen LogP contribution in [0.3, 0.4) is 0 Å². The van der Waals surface area contributed by atoms with E-state index in [1.807, 2.05) is 0 Å². The van der Waals surface area contributed by atoms with Crippen molar-refractivity contribution in [3.8, 4) is 0 Å². The minimum Gasteiger partial charge on any atom is -0.299 e. The Hall–Kier alpha value is -2.02. The summed E-state index contributed by atoms with van der Waals surface area (Å²) >= 11 is 0. The first-order chi connectivity index (χ1) is 14.1. The van der Waals surface area contributed by atoms with Crippen molar-refractivity contribution in [3.05, 3.63) is 70.8 Å². The van der Waals surface area contributed by atoms with Gasteiger partial charge in [0.25, 0.3) is 0 Å². The van der Waals surface area contributed by atoms with Gasteiger partial charge in [-0.25, -0.2) is 0 Å². The third kappa shape index (κ3) is 6.24. The lowest BCUT2D eigenvalue weighted by atomic mass is 9.88. The molecule has 0 unspecified atom stereocenters. The largest absolute Gasteiger partial charge is 0.416 e. The number of halogens is 6. The number of alkyl halides is 6. The normalized spacial score (nSPS) is 19.4. The summed E-state index contributed by atoms with van der Waals surface area (Å²) in [5, 5.41) is 0. The van der Waals surface area contributed by atoms with Crippen molar-refractivity contribution < 1.29 is 26.3 Å². The molecule has 30 heavy (non-hydrogen) atoms. The van der Waals surface area contributed by atoms with Gasteiger partial charge in [-0.15, -0.1) is 0 Å². The van der Waals surface area contributed by atoms with E-state index in [0.717, 1.165) is 38.1 Å². The molecule has 0 aromatic heterocycles. The molecule has 0 spiro atoms. The van der Waals surface area contributed by atoms with Crippen molar-refractivity contribution in [2.45, 2.75) is 51.0 Å². The SMILES string of the molecule is FC(F)(F)C1=C(CCC2CCN(Cc3cccc(C(F)(F)F)c3)CC2)CC=CC=C1. The second-order valence-corrected chi connectivity index (χ2v) is 7.96. The zero-order valence-corrected chi connectivity index (χ0v) is 16.6. The Kier molecular flexibility index (Phi) is 7.11. The van der Waals surface area contributed by atoms with Crippen LogP contribution < -0.4 is 0 Å². The van der Waals surface area contributed by atoms with E-state index < -0.39 is 23.5 Å². The summed E-state index contributed by atoms with van der Waals surface area (Å²) in [7, 11) is 0. The van der Waals surface area contributed by atoms with Crippen molar-refractivity contribution in [3.63, 3.8) is 0 Å². The molecule has 0 radical (unpaired) electrons. The fraction of sp³-hybridized carbons (Fsp3) is 0.478. The molecule has 1 saturated heterocycles. The zero-order chi connectivity index (χ0) is 21.8. The van der Waals surface area contributed by atoms with Gasteiger partial charge >= 0.3 is 12.4 Å². The molecule has 3 rings (SSSR count). The molecule has 1 aromatic rings. The molecule has 1 aliphatic heterocycles. The molecule has 1 fully saturated rings. The Morgan fingerprint density at radius 3 is 2.33 bits per heavy atom. The monoisotopic (exact) mass is 429 g/mol. The van der Waals surface area contributed by atoms with E-state index in [2.05, 4.69) is 4.90 Å². The molecule has 7 heteroatoms. The van der Waals surface area contributed by atoms with E-state index in [4.69, 9.17) is 0 Å². The molecule has 1 aromatic carbocycles. The molecule has 0 amide bonds. The molecule has 164 valence electrons. The van der Waals surface area contributed by atoms with Gasteiger partial charge in [0.05, 0.1) is 11.1 Å². The Morgan fingerprint density at radius 1 is 0.933 bits per heavy atom. The average molecular weight is 429 g/mol. The molecule has 1 aliphatic carbocycles. The van der Waals surface area contributed by atoms with Crippen LogP contribution in [-0.4, -0.2) is 24.2 Å². The van der Waals surface area contributed by atoms with Gasteiger partial charge in [-0.2, -0.15) is 26.3 Å². The summed E-state index contributed by atoms with van der Waals surface area (Å²) in [5.41, 5.74) is -0.121. The summed E-state index contributed by atoms with van der Waals surface area (Å²) in [4.78, 5) is 2.11. The van der Waals surface area contributed by atoms with Crippen LogP contribution in [0.1, 0.15) is 43.2 Å². The van der Waals surface area contributed by atoms with Gasteiger partial charge in [-0.3, -0.25) is 4.90 Å². The van der Waals surface area contributed by atoms with E-state index in [0.29, 0.717) is 42.9 Å². The number of nitrogens with zero attached hydrogens (tertiary/aromatic N) is 1. The van der Waals surface area contributed by atoms with Crippen LogP contribution in [0.5, 0.6) is 0 Å². The third-order valence-corrected chi connectivity index (χ3v) is 5.78. The Morgan fingerprint density at radius 2 is 1.67 bits per heavy atom. The van der Waals surface area contributed by atoms with Crippen LogP contribution in [-0.2, 0) is 12.7 Å². The van der Waals surface area contributed by atoms with E-state index in [1.165, 1.54) is 18.2 Å². The number of allylic oxidation sites excluding steroid dienone is 6. The van der Waals surface area contributed by atoms with E-state index in [1.54, 1.807) is 18.2 Å². The molecular formula is C23H25F6N. The molecule has 1 nitrogen and oxygen atoms in total. The van der Waals surface area contributed by atoms with Gasteiger partial charge in [-0.1, -0.05) is 48.1 Å².